The van der Waals surface area contributed by atoms with Crippen LogP contribution < -0.4 is 0 Å². The molecule has 1 unspecified atom stereocenters. The molecule has 2 nitrogen and oxygen atoms in total. The quantitative estimate of drug-likeness (QED) is 0.890. The maximum atomic E-state index is 13.4. The molecule has 0 bridgehead atoms. The van der Waals surface area contributed by atoms with Crippen molar-refractivity contribution in [3.63, 3.8) is 0 Å². The molecule has 1 aromatic carbocycles. The van der Waals surface area contributed by atoms with E-state index in [-0.39, 0.29) is 5.82 Å². The Bertz CT molecular complexity index is 481. The maximum absolute atomic E-state index is 13.4. The monoisotopic (exact) mass is 237 g/mol. The van der Waals surface area contributed by atoms with E-state index in [1.807, 2.05) is 6.07 Å². The van der Waals surface area contributed by atoms with Gasteiger partial charge in [0.05, 0.1) is 16.8 Å². The molecule has 0 aliphatic carbocycles. The Morgan fingerprint density at radius 3 is 2.81 bits per heavy atom. The number of nitrogens with zero attached hydrogens (tertiary/aromatic N) is 1. The van der Waals surface area contributed by atoms with E-state index < -0.39 is 6.10 Å². The van der Waals surface area contributed by atoms with Crippen LogP contribution in [0.3, 0.4) is 0 Å². The molecule has 0 amide bonds. The van der Waals surface area contributed by atoms with Crippen molar-refractivity contribution in [1.82, 2.24) is 4.98 Å². The van der Waals surface area contributed by atoms with Crippen LogP contribution in [0.25, 0.3) is 0 Å². The summed E-state index contributed by atoms with van der Waals surface area (Å²) in [5.74, 6) is -0.212. The lowest BCUT2D eigenvalue weighted by molar-refractivity contribution is 0.195. The van der Waals surface area contributed by atoms with Gasteiger partial charge in [-0.3, -0.25) is 0 Å². The zero-order valence-electron chi connectivity index (χ0n) is 8.85. The average Bonchev–Trinajstić information content (AvgIpc) is 2.70. The molecule has 4 heteroatoms. The number of thiazole rings is 1. The SMILES string of the molecule is CC(O)c1csc(Cc2ccccc2F)n1. The fourth-order valence-electron chi connectivity index (χ4n) is 1.40. The second-order valence-electron chi connectivity index (χ2n) is 3.61. The predicted molar refractivity (Wildman–Crippen MR) is 62.0 cm³/mol. The summed E-state index contributed by atoms with van der Waals surface area (Å²) in [7, 11) is 0. The molecule has 0 aliphatic heterocycles. The standard InChI is InChI=1S/C12H12FNOS/c1-8(15)11-7-16-12(14-11)6-9-4-2-3-5-10(9)13/h2-5,7-8,15H,6H2,1H3. The molecular weight excluding hydrogens is 225 g/mol. The third-order valence-corrected chi connectivity index (χ3v) is 3.16. The second-order valence-corrected chi connectivity index (χ2v) is 4.55. The number of hydrogen-bond donors (Lipinski definition) is 1. The summed E-state index contributed by atoms with van der Waals surface area (Å²) in [4.78, 5) is 4.25. The van der Waals surface area contributed by atoms with Gasteiger partial charge in [0.15, 0.2) is 0 Å². The first-order valence-corrected chi connectivity index (χ1v) is 5.90. The van der Waals surface area contributed by atoms with Gasteiger partial charge in [-0.05, 0) is 18.6 Å². The molecule has 2 aromatic rings. The molecule has 1 aromatic heterocycles. The number of aliphatic hydroxyl groups is 1. The van der Waals surface area contributed by atoms with E-state index in [4.69, 9.17) is 0 Å². The molecule has 0 spiro atoms. The third kappa shape index (κ3) is 2.46. The number of aromatic nitrogens is 1. The van der Waals surface area contributed by atoms with Crippen molar-refractivity contribution in [3.05, 3.63) is 51.7 Å². The minimum atomic E-state index is -0.564. The Kier molecular flexibility index (Phi) is 3.31. The van der Waals surface area contributed by atoms with E-state index in [9.17, 15) is 9.50 Å². The lowest BCUT2D eigenvalue weighted by Gasteiger charge is -2.00. The Labute approximate surface area is 97.4 Å². The molecule has 1 atom stereocenters. The second kappa shape index (κ2) is 4.72. The summed E-state index contributed by atoms with van der Waals surface area (Å²) >= 11 is 1.44. The number of halogens is 1. The van der Waals surface area contributed by atoms with Crippen molar-refractivity contribution < 1.29 is 9.50 Å². The van der Waals surface area contributed by atoms with Crippen molar-refractivity contribution >= 4 is 11.3 Å². The Balaban J connectivity index is 2.18. The van der Waals surface area contributed by atoms with Gasteiger partial charge in [-0.2, -0.15) is 0 Å². The molecule has 0 aliphatic rings. The Morgan fingerprint density at radius 1 is 1.44 bits per heavy atom. The van der Waals surface area contributed by atoms with Crippen molar-refractivity contribution in [3.8, 4) is 0 Å². The average molecular weight is 237 g/mol. The largest absolute Gasteiger partial charge is 0.387 e. The normalized spacial score (nSPS) is 12.7. The van der Waals surface area contributed by atoms with Gasteiger partial charge in [0, 0.05) is 11.8 Å². The molecule has 16 heavy (non-hydrogen) atoms. The first-order valence-electron chi connectivity index (χ1n) is 5.02. The molecule has 84 valence electrons. The maximum Gasteiger partial charge on any atom is 0.126 e. The van der Waals surface area contributed by atoms with E-state index in [1.165, 1.54) is 17.4 Å². The Morgan fingerprint density at radius 2 is 2.19 bits per heavy atom. The summed E-state index contributed by atoms with van der Waals surface area (Å²) in [5, 5.41) is 12.0. The van der Waals surface area contributed by atoms with Gasteiger partial charge in [0.2, 0.25) is 0 Å². The Hall–Kier alpha value is -1.26. The van der Waals surface area contributed by atoms with Gasteiger partial charge in [-0.1, -0.05) is 18.2 Å². The minimum Gasteiger partial charge on any atom is -0.387 e. The highest BCUT2D eigenvalue weighted by Gasteiger charge is 2.09. The third-order valence-electron chi connectivity index (χ3n) is 2.30. The van der Waals surface area contributed by atoms with E-state index in [0.29, 0.717) is 17.7 Å². The lowest BCUT2D eigenvalue weighted by Crippen LogP contribution is -1.94. The van der Waals surface area contributed by atoms with Crippen LogP contribution >= 0.6 is 11.3 Å². The molecule has 1 N–H and O–H groups in total. The van der Waals surface area contributed by atoms with Crippen molar-refractivity contribution in [2.24, 2.45) is 0 Å². The highest BCUT2D eigenvalue weighted by Crippen LogP contribution is 2.20. The highest BCUT2D eigenvalue weighted by molar-refractivity contribution is 7.09. The number of hydrogen-bond acceptors (Lipinski definition) is 3. The van der Waals surface area contributed by atoms with Crippen LogP contribution in [0.4, 0.5) is 4.39 Å². The zero-order chi connectivity index (χ0) is 11.5. The summed E-state index contributed by atoms with van der Waals surface area (Å²) in [6.07, 6.45) is -0.0880. The van der Waals surface area contributed by atoms with E-state index in [1.54, 1.807) is 24.4 Å². The van der Waals surface area contributed by atoms with Gasteiger partial charge in [-0.15, -0.1) is 11.3 Å². The first-order chi connectivity index (χ1) is 7.66. The van der Waals surface area contributed by atoms with Crippen molar-refractivity contribution in [2.75, 3.05) is 0 Å². The van der Waals surface area contributed by atoms with E-state index in [2.05, 4.69) is 4.98 Å². The molecule has 1 heterocycles. The van der Waals surface area contributed by atoms with Crippen molar-refractivity contribution in [2.45, 2.75) is 19.4 Å². The first kappa shape index (κ1) is 11.2. The van der Waals surface area contributed by atoms with Gasteiger partial charge in [0.1, 0.15) is 5.82 Å². The van der Waals surface area contributed by atoms with E-state index >= 15 is 0 Å². The van der Waals surface area contributed by atoms with Crippen LogP contribution in [0.15, 0.2) is 29.6 Å². The topological polar surface area (TPSA) is 33.1 Å². The fourth-order valence-corrected chi connectivity index (χ4v) is 2.31. The summed E-state index contributed by atoms with van der Waals surface area (Å²) in [6.45, 7) is 1.67. The van der Waals surface area contributed by atoms with Crippen LogP contribution in [0.2, 0.25) is 0 Å². The molecule has 2 rings (SSSR count). The van der Waals surface area contributed by atoms with Crippen LogP contribution in [-0.4, -0.2) is 10.1 Å². The molecule has 0 saturated heterocycles. The number of aliphatic hydroxyl groups excluding tert-OH is 1. The smallest absolute Gasteiger partial charge is 0.126 e. The van der Waals surface area contributed by atoms with Gasteiger partial charge < -0.3 is 5.11 Å². The summed E-state index contributed by atoms with van der Waals surface area (Å²) in [6, 6.07) is 6.67. The molecular formula is C12H12FNOS. The predicted octanol–water partition coefficient (Wildman–Crippen LogP) is 2.93. The number of rotatable bonds is 3. The van der Waals surface area contributed by atoms with E-state index in [0.717, 1.165) is 5.01 Å². The van der Waals surface area contributed by atoms with Crippen LogP contribution in [0, 0.1) is 5.82 Å². The lowest BCUT2D eigenvalue weighted by atomic mass is 10.1. The molecule has 0 saturated carbocycles. The number of benzene rings is 1. The zero-order valence-corrected chi connectivity index (χ0v) is 9.67. The summed E-state index contributed by atoms with van der Waals surface area (Å²) in [5.41, 5.74) is 1.28. The minimum absolute atomic E-state index is 0.212. The van der Waals surface area contributed by atoms with Crippen LogP contribution in [0.1, 0.15) is 29.3 Å². The van der Waals surface area contributed by atoms with Crippen LogP contribution in [0.5, 0.6) is 0 Å². The van der Waals surface area contributed by atoms with Gasteiger partial charge in [-0.25, -0.2) is 9.37 Å². The van der Waals surface area contributed by atoms with Gasteiger partial charge in [0.25, 0.3) is 0 Å². The summed E-state index contributed by atoms with van der Waals surface area (Å²) < 4.78 is 13.4. The highest BCUT2D eigenvalue weighted by atomic mass is 32.1. The fraction of sp³-hybridized carbons (Fsp3) is 0.250. The van der Waals surface area contributed by atoms with Crippen LogP contribution in [-0.2, 0) is 6.42 Å². The molecule has 0 fully saturated rings. The molecule has 0 radical (unpaired) electrons. The van der Waals surface area contributed by atoms with Crippen molar-refractivity contribution in [1.29, 1.82) is 0 Å². The van der Waals surface area contributed by atoms with Gasteiger partial charge >= 0.3 is 0 Å².